The molecule has 0 spiro atoms. The van der Waals surface area contributed by atoms with Gasteiger partial charge in [-0.1, -0.05) is 48.5 Å². The predicted molar refractivity (Wildman–Crippen MR) is 135 cm³/mol. The predicted octanol–water partition coefficient (Wildman–Crippen LogP) is 1.78. The van der Waals surface area contributed by atoms with Gasteiger partial charge in [0.25, 0.3) is 5.09 Å². The number of nitrogens with one attached hydrogen (secondary N) is 1. The van der Waals surface area contributed by atoms with Crippen molar-refractivity contribution in [2.45, 2.75) is 44.3 Å². The number of hydrogen-bond donors (Lipinski definition) is 2. The Hall–Kier alpha value is -4.03. The van der Waals surface area contributed by atoms with Crippen LogP contribution in [0, 0.1) is 10.1 Å². The summed E-state index contributed by atoms with van der Waals surface area (Å²) in [7, 11) is 0. The zero-order valence-corrected chi connectivity index (χ0v) is 21.0. The van der Waals surface area contributed by atoms with Gasteiger partial charge in [-0.3, -0.25) is 19.8 Å². The normalized spacial score (nSPS) is 15.8. The number of hydrogen-bond acceptors (Lipinski definition) is 9. The van der Waals surface area contributed by atoms with Crippen molar-refractivity contribution in [3.63, 3.8) is 0 Å². The van der Waals surface area contributed by atoms with Crippen LogP contribution in [0.25, 0.3) is 0 Å². The smallest absolute Gasteiger partial charge is 0.327 e. The van der Waals surface area contributed by atoms with Crippen LogP contribution in [-0.4, -0.2) is 72.6 Å². The Morgan fingerprint density at radius 1 is 1.08 bits per heavy atom. The van der Waals surface area contributed by atoms with Crippen molar-refractivity contribution in [2.75, 3.05) is 31.3 Å². The molecule has 1 aliphatic rings. The topological polar surface area (TPSA) is 158 Å². The number of aryl methyl sites for hydroxylation is 1. The minimum absolute atomic E-state index is 0.0115. The van der Waals surface area contributed by atoms with Gasteiger partial charge in [-0.15, -0.1) is 10.1 Å². The third-order valence-electron chi connectivity index (χ3n) is 6.07. The number of aliphatic carboxylic acids is 1. The largest absolute Gasteiger partial charge is 0.480 e. The number of benzene rings is 2. The second kappa shape index (κ2) is 14.1. The molecule has 12 heteroatoms. The Morgan fingerprint density at radius 3 is 2.47 bits per heavy atom. The van der Waals surface area contributed by atoms with Crippen LogP contribution in [0.15, 0.2) is 54.6 Å². The zero-order valence-electron chi connectivity index (χ0n) is 21.0. The summed E-state index contributed by atoms with van der Waals surface area (Å²) in [5, 5.41) is 22.0. The molecule has 3 unspecified atom stereocenters. The number of carbonyl (C=O) groups excluding carboxylic acids is 2. The standard InChI is InChI=1S/C26H31N3O9/c1-18(24(30)28-22-10-6-5-9-20(22)17-23(28)25(31)32)27-21(12-11-19-7-3-2-4-8-19)26(33)37-15-13-36-14-16-38-29(34)35/h2-10,18,21,23,27H,11-17H2,1H3,(H,31,32). The summed E-state index contributed by atoms with van der Waals surface area (Å²) in [6.07, 6.45) is 1.07. The molecule has 2 aromatic rings. The number of carboxylic acid groups (broad SMARTS) is 1. The minimum Gasteiger partial charge on any atom is -0.480 e. The van der Waals surface area contributed by atoms with Gasteiger partial charge < -0.3 is 19.4 Å². The maximum atomic E-state index is 13.4. The summed E-state index contributed by atoms with van der Waals surface area (Å²) in [4.78, 5) is 53.8. The molecular formula is C26H31N3O9. The van der Waals surface area contributed by atoms with Gasteiger partial charge in [0.05, 0.1) is 19.3 Å². The number of fused-ring (bicyclic) bond motifs is 1. The van der Waals surface area contributed by atoms with Crippen molar-refractivity contribution < 1.29 is 38.9 Å². The number of ether oxygens (including phenoxy) is 2. The molecular weight excluding hydrogens is 498 g/mol. The average Bonchev–Trinajstić information content (AvgIpc) is 3.30. The lowest BCUT2D eigenvalue weighted by Gasteiger charge is -2.28. The summed E-state index contributed by atoms with van der Waals surface area (Å²) in [5.41, 5.74) is 2.31. The third kappa shape index (κ3) is 7.98. The SMILES string of the molecule is CC(NC(CCc1ccccc1)C(=O)OCCOCCO[N+](=O)[O-])C(=O)N1c2ccccc2CC1C(=O)O. The van der Waals surface area contributed by atoms with Crippen LogP contribution >= 0.6 is 0 Å². The van der Waals surface area contributed by atoms with Crippen LogP contribution in [0.3, 0.4) is 0 Å². The van der Waals surface area contributed by atoms with Gasteiger partial charge in [0, 0.05) is 12.1 Å². The molecule has 0 radical (unpaired) electrons. The van der Waals surface area contributed by atoms with E-state index in [-0.39, 0.29) is 32.8 Å². The first-order valence-corrected chi connectivity index (χ1v) is 12.2. The first-order chi connectivity index (χ1) is 18.3. The summed E-state index contributed by atoms with van der Waals surface area (Å²) in [5.74, 6) is -2.17. The fourth-order valence-corrected chi connectivity index (χ4v) is 4.24. The number of para-hydroxylation sites is 1. The molecule has 2 N–H and O–H groups in total. The number of carbonyl (C=O) groups is 3. The van der Waals surface area contributed by atoms with Crippen molar-refractivity contribution in [3.05, 3.63) is 75.8 Å². The summed E-state index contributed by atoms with van der Waals surface area (Å²) in [6, 6.07) is 13.8. The van der Waals surface area contributed by atoms with Crippen LogP contribution in [0.4, 0.5) is 5.69 Å². The summed E-state index contributed by atoms with van der Waals surface area (Å²) in [6.45, 7) is 1.23. The first kappa shape index (κ1) is 28.5. The van der Waals surface area contributed by atoms with Crippen molar-refractivity contribution in [1.29, 1.82) is 0 Å². The van der Waals surface area contributed by atoms with Crippen molar-refractivity contribution in [1.82, 2.24) is 5.32 Å². The molecule has 0 aliphatic carbocycles. The van der Waals surface area contributed by atoms with E-state index in [1.807, 2.05) is 30.3 Å². The highest BCUT2D eigenvalue weighted by Crippen LogP contribution is 2.32. The molecule has 1 aliphatic heterocycles. The van der Waals surface area contributed by atoms with Gasteiger partial charge in [-0.05, 0) is 37.0 Å². The van der Waals surface area contributed by atoms with Crippen molar-refractivity contribution in [3.8, 4) is 0 Å². The molecule has 3 atom stereocenters. The molecule has 12 nitrogen and oxygen atoms in total. The maximum absolute atomic E-state index is 13.4. The fourth-order valence-electron chi connectivity index (χ4n) is 4.24. The minimum atomic E-state index is -1.11. The second-order valence-electron chi connectivity index (χ2n) is 8.70. The molecule has 2 aromatic carbocycles. The van der Waals surface area contributed by atoms with Crippen LogP contribution in [-0.2, 0) is 41.5 Å². The molecule has 3 rings (SSSR count). The lowest BCUT2D eigenvalue weighted by molar-refractivity contribution is -0.758. The number of esters is 1. The van der Waals surface area contributed by atoms with E-state index in [2.05, 4.69) is 10.2 Å². The van der Waals surface area contributed by atoms with E-state index >= 15 is 0 Å². The zero-order chi connectivity index (χ0) is 27.5. The van der Waals surface area contributed by atoms with Crippen LogP contribution in [0.2, 0.25) is 0 Å². The molecule has 0 saturated carbocycles. The Labute approximate surface area is 219 Å². The van der Waals surface area contributed by atoms with E-state index in [1.165, 1.54) is 4.90 Å². The molecule has 0 fully saturated rings. The lowest BCUT2D eigenvalue weighted by atomic mass is 10.0. The number of amides is 1. The van der Waals surface area contributed by atoms with E-state index in [9.17, 15) is 29.6 Å². The number of rotatable bonds is 15. The highest BCUT2D eigenvalue weighted by Gasteiger charge is 2.40. The van der Waals surface area contributed by atoms with Gasteiger partial charge in [-0.25, -0.2) is 4.79 Å². The number of carboxylic acids is 1. The Bertz CT molecular complexity index is 1110. The van der Waals surface area contributed by atoms with Crippen molar-refractivity contribution in [2.24, 2.45) is 0 Å². The van der Waals surface area contributed by atoms with Crippen LogP contribution in [0.5, 0.6) is 0 Å². The van der Waals surface area contributed by atoms with E-state index in [0.717, 1.165) is 11.1 Å². The van der Waals surface area contributed by atoms with Gasteiger partial charge >= 0.3 is 11.9 Å². The van der Waals surface area contributed by atoms with Gasteiger partial charge in [0.1, 0.15) is 25.3 Å². The summed E-state index contributed by atoms with van der Waals surface area (Å²) >= 11 is 0. The summed E-state index contributed by atoms with van der Waals surface area (Å²) < 4.78 is 10.5. The molecule has 0 aromatic heterocycles. The molecule has 1 amide bonds. The molecule has 204 valence electrons. The number of nitrogens with zero attached hydrogens (tertiary/aromatic N) is 2. The third-order valence-corrected chi connectivity index (χ3v) is 6.07. The fraction of sp³-hybridized carbons (Fsp3) is 0.423. The van der Waals surface area contributed by atoms with Gasteiger partial charge in [0.15, 0.2) is 0 Å². The van der Waals surface area contributed by atoms with Crippen LogP contribution < -0.4 is 10.2 Å². The van der Waals surface area contributed by atoms with Crippen molar-refractivity contribution >= 4 is 23.5 Å². The molecule has 0 saturated heterocycles. The van der Waals surface area contributed by atoms with Crippen LogP contribution in [0.1, 0.15) is 24.5 Å². The van der Waals surface area contributed by atoms with E-state index < -0.39 is 41.1 Å². The second-order valence-corrected chi connectivity index (χ2v) is 8.70. The molecule has 38 heavy (non-hydrogen) atoms. The Kier molecular flexibility index (Phi) is 10.6. The quantitative estimate of drug-likeness (QED) is 0.151. The van der Waals surface area contributed by atoms with E-state index in [0.29, 0.717) is 18.5 Å². The van der Waals surface area contributed by atoms with Gasteiger partial charge in [-0.2, -0.15) is 0 Å². The highest BCUT2D eigenvalue weighted by molar-refractivity contribution is 6.04. The first-order valence-electron chi connectivity index (χ1n) is 12.2. The maximum Gasteiger partial charge on any atom is 0.327 e. The lowest BCUT2D eigenvalue weighted by Crippen LogP contribution is -2.54. The van der Waals surface area contributed by atoms with Gasteiger partial charge in [0.2, 0.25) is 5.91 Å². The highest BCUT2D eigenvalue weighted by atomic mass is 17.0. The number of anilines is 1. The molecule has 1 heterocycles. The Balaban J connectivity index is 1.63. The monoisotopic (exact) mass is 529 g/mol. The molecule has 0 bridgehead atoms. The van der Waals surface area contributed by atoms with E-state index in [4.69, 9.17) is 9.47 Å². The van der Waals surface area contributed by atoms with E-state index in [1.54, 1.807) is 31.2 Å². The average molecular weight is 530 g/mol. The Morgan fingerprint density at radius 2 is 1.76 bits per heavy atom.